The van der Waals surface area contributed by atoms with Gasteiger partial charge in [0.15, 0.2) is 0 Å². The largest absolute Gasteiger partial charge is 0.358 e. The molecule has 2 aromatic rings. The van der Waals surface area contributed by atoms with E-state index in [2.05, 4.69) is 89.3 Å². The molecule has 2 rings (SSSR count). The van der Waals surface area contributed by atoms with Crippen molar-refractivity contribution >= 4 is 28.7 Å². The molecular weight excluding hydrogens is 575 g/mol. The number of nitrogens with one attached hydrogen (secondary N) is 1. The fourth-order valence-corrected chi connectivity index (χ4v) is 4.13. The van der Waals surface area contributed by atoms with E-state index in [1.165, 1.54) is 34.0 Å². The third-order valence-corrected chi connectivity index (χ3v) is 6.80. The molecule has 0 fully saturated rings. The van der Waals surface area contributed by atoms with Crippen molar-refractivity contribution in [1.82, 2.24) is 4.98 Å². The van der Waals surface area contributed by atoms with Gasteiger partial charge < -0.3 is 4.98 Å². The number of aromatic amines is 1. The molecule has 45 heavy (non-hydrogen) atoms. The van der Waals surface area contributed by atoms with E-state index in [0.717, 1.165) is 61.5 Å². The Morgan fingerprint density at radius 2 is 1.60 bits per heavy atom. The summed E-state index contributed by atoms with van der Waals surface area (Å²) in [6.07, 6.45) is 20.1. The molecule has 1 unspecified atom stereocenters. The van der Waals surface area contributed by atoms with E-state index in [-0.39, 0.29) is 16.8 Å². The summed E-state index contributed by atoms with van der Waals surface area (Å²) in [6, 6.07) is 3.30. The molecule has 0 spiro atoms. The number of nitrogens with zero attached hydrogens (tertiary/aromatic N) is 1. The third kappa shape index (κ3) is 20.9. The number of unbranched alkanes of at least 4 members (excludes halogenated alkanes) is 2. The number of hydrogen-bond acceptors (Lipinski definition) is 1. The summed E-state index contributed by atoms with van der Waals surface area (Å²) in [4.78, 5) is 7.70. The fourth-order valence-electron chi connectivity index (χ4n) is 3.97. The lowest BCUT2D eigenvalue weighted by Crippen LogP contribution is -2.01. The molecule has 4 heteroatoms. The minimum Gasteiger partial charge on any atom is -0.358 e. The number of aliphatic imine (C=N–C) groups is 1. The van der Waals surface area contributed by atoms with E-state index >= 15 is 0 Å². The first-order valence-corrected chi connectivity index (χ1v) is 17.7. The molecule has 1 heterocycles. The number of aromatic nitrogens is 1. The minimum atomic E-state index is -0.369. The first-order valence-electron chi connectivity index (χ1n) is 17.3. The quantitative estimate of drug-likeness (QED) is 0.135. The van der Waals surface area contributed by atoms with Gasteiger partial charge in [-0.15, -0.1) is 6.58 Å². The summed E-state index contributed by atoms with van der Waals surface area (Å²) in [5.41, 5.74) is 8.22. The second-order valence-corrected chi connectivity index (χ2v) is 11.1. The summed E-state index contributed by atoms with van der Waals surface area (Å²) >= 11 is 6.05. The summed E-state index contributed by atoms with van der Waals surface area (Å²) in [7, 11) is 0. The maximum absolute atomic E-state index is 13.9. The first-order chi connectivity index (χ1) is 21.5. The molecule has 0 bridgehead atoms. The van der Waals surface area contributed by atoms with Crippen LogP contribution in [0.15, 0.2) is 76.5 Å². The number of hydrogen-bond donors (Lipinski definition) is 1. The van der Waals surface area contributed by atoms with Gasteiger partial charge in [0, 0.05) is 34.4 Å². The molecule has 0 saturated heterocycles. The predicted molar refractivity (Wildman–Crippen MR) is 208 cm³/mol. The van der Waals surface area contributed by atoms with Crippen LogP contribution in [0.3, 0.4) is 0 Å². The minimum absolute atomic E-state index is 0.193. The van der Waals surface area contributed by atoms with Gasteiger partial charge in [-0.05, 0) is 96.1 Å². The highest BCUT2D eigenvalue weighted by molar-refractivity contribution is 6.31. The predicted octanol–water partition coefficient (Wildman–Crippen LogP) is 15.1. The van der Waals surface area contributed by atoms with Gasteiger partial charge in [0.25, 0.3) is 0 Å². The van der Waals surface area contributed by atoms with E-state index in [1.54, 1.807) is 6.07 Å². The van der Waals surface area contributed by atoms with Crippen LogP contribution in [-0.2, 0) is 6.42 Å². The van der Waals surface area contributed by atoms with E-state index in [9.17, 15) is 4.39 Å². The van der Waals surface area contributed by atoms with Crippen molar-refractivity contribution in [3.05, 3.63) is 93.6 Å². The number of halogens is 2. The third-order valence-electron chi connectivity index (χ3n) is 6.51. The van der Waals surface area contributed by atoms with E-state index in [1.807, 2.05) is 60.8 Å². The summed E-state index contributed by atoms with van der Waals surface area (Å²) < 4.78 is 13.9. The normalized spacial score (nSPS) is 11.8. The molecule has 1 atom stereocenters. The smallest absolute Gasteiger partial charge is 0.143 e. The number of H-pyrrole nitrogens is 1. The van der Waals surface area contributed by atoms with Crippen LogP contribution in [0.4, 0.5) is 4.39 Å². The van der Waals surface area contributed by atoms with Crippen molar-refractivity contribution in [2.75, 3.05) is 0 Å². The first kappa shape index (κ1) is 46.8. The number of rotatable bonds is 12. The molecule has 0 aliphatic carbocycles. The monoisotopic (exact) mass is 643 g/mol. The second-order valence-electron chi connectivity index (χ2n) is 10.7. The molecule has 0 aliphatic heterocycles. The Kier molecular flexibility index (Phi) is 31.2. The Labute approximate surface area is 283 Å². The second kappa shape index (κ2) is 30.0. The van der Waals surface area contributed by atoms with Gasteiger partial charge in [0.1, 0.15) is 5.82 Å². The van der Waals surface area contributed by atoms with Crippen LogP contribution < -0.4 is 0 Å². The highest BCUT2D eigenvalue weighted by Gasteiger charge is 2.19. The highest BCUT2D eigenvalue weighted by Crippen LogP contribution is 2.35. The lowest BCUT2D eigenvalue weighted by atomic mass is 9.91. The maximum Gasteiger partial charge on any atom is 0.143 e. The Hall–Kier alpha value is -2.65. The summed E-state index contributed by atoms with van der Waals surface area (Å²) in [5.74, 6) is -0.129. The molecular formula is C41H68ClFN2. The molecule has 0 radical (unpaired) electrons. The van der Waals surface area contributed by atoms with Gasteiger partial charge in [-0.25, -0.2) is 4.39 Å². The average molecular weight is 643 g/mol. The van der Waals surface area contributed by atoms with Crippen LogP contribution in [-0.4, -0.2) is 11.2 Å². The van der Waals surface area contributed by atoms with Crippen molar-refractivity contribution in [2.45, 2.75) is 148 Å². The van der Waals surface area contributed by atoms with Crippen LogP contribution in [0.2, 0.25) is 5.02 Å². The molecule has 0 aliphatic rings. The van der Waals surface area contributed by atoms with E-state index in [4.69, 9.17) is 11.6 Å². The zero-order valence-corrected chi connectivity index (χ0v) is 32.3. The van der Waals surface area contributed by atoms with E-state index in [0.29, 0.717) is 0 Å². The van der Waals surface area contributed by atoms with Crippen molar-refractivity contribution in [3.8, 4) is 0 Å². The SMILES string of the molecule is C/C=C\C(=C/CCC)C(C)c1[nH]c2cc(F)c(Cl)cc2c1CCCC.C=C(C)CC.CC.CC.CC/C=C(\C)N=CC=C(C)C. The molecule has 1 N–H and O–H groups in total. The van der Waals surface area contributed by atoms with Crippen molar-refractivity contribution in [2.24, 2.45) is 4.99 Å². The zero-order chi connectivity index (χ0) is 35.4. The van der Waals surface area contributed by atoms with E-state index < -0.39 is 0 Å². The lowest BCUT2D eigenvalue weighted by molar-refractivity contribution is 0.630. The molecule has 2 nitrogen and oxygen atoms in total. The standard InChI is InChI=1S/C22H29ClFN.C10H17N.C5H10.2C2H6/c1-5-8-11-16(10-7-3)15(4)22-17(12-9-6-2)18-13-19(23)20(24)14-21(18)25-22;1-5-6-10(4)11-8-7-9(2)3;1-4-5(2)3;2*1-2/h7,10-11,13-15,25H,5-6,8-9,12H2,1-4H3;6-8H,5H2,1-4H3;2,4H2,1,3H3;2*1-2H3/b10-7-,16-11+;10-6+,11-8?;;;. The zero-order valence-electron chi connectivity index (χ0n) is 31.6. The Morgan fingerprint density at radius 1 is 1.00 bits per heavy atom. The van der Waals surface area contributed by atoms with Gasteiger partial charge in [0.2, 0.25) is 0 Å². The van der Waals surface area contributed by atoms with Gasteiger partial charge >= 0.3 is 0 Å². The number of fused-ring (bicyclic) bond motifs is 1. The Bertz CT molecular complexity index is 1200. The number of benzene rings is 1. The molecule has 256 valence electrons. The van der Waals surface area contributed by atoms with Crippen molar-refractivity contribution in [3.63, 3.8) is 0 Å². The molecule has 0 amide bonds. The van der Waals surface area contributed by atoms with Crippen LogP contribution in [0.1, 0.15) is 153 Å². The van der Waals surface area contributed by atoms with Crippen molar-refractivity contribution < 1.29 is 4.39 Å². The topological polar surface area (TPSA) is 28.1 Å². The summed E-state index contributed by atoms with van der Waals surface area (Å²) in [6.45, 7) is 32.7. The molecule has 1 aromatic heterocycles. The van der Waals surface area contributed by atoms with Crippen LogP contribution >= 0.6 is 11.6 Å². The fraction of sp³-hybridized carbons (Fsp3) is 0.537. The lowest BCUT2D eigenvalue weighted by Gasteiger charge is -2.15. The van der Waals surface area contributed by atoms with Gasteiger partial charge in [-0.1, -0.05) is 122 Å². The van der Waals surface area contributed by atoms with Crippen LogP contribution in [0.5, 0.6) is 0 Å². The molecule has 1 aromatic carbocycles. The van der Waals surface area contributed by atoms with Gasteiger partial charge in [-0.3, -0.25) is 4.99 Å². The van der Waals surface area contributed by atoms with Gasteiger partial charge in [0.05, 0.1) is 5.02 Å². The van der Waals surface area contributed by atoms with Crippen LogP contribution in [0, 0.1) is 5.82 Å². The Morgan fingerprint density at radius 3 is 2.07 bits per heavy atom. The Balaban J connectivity index is -0.000000731. The van der Waals surface area contributed by atoms with Crippen molar-refractivity contribution in [1.29, 1.82) is 0 Å². The summed E-state index contributed by atoms with van der Waals surface area (Å²) in [5, 5.41) is 1.25. The highest BCUT2D eigenvalue weighted by atomic mass is 35.5. The number of aryl methyl sites for hydroxylation is 1. The van der Waals surface area contributed by atoms with Gasteiger partial charge in [-0.2, -0.15) is 0 Å². The maximum atomic E-state index is 13.9. The van der Waals surface area contributed by atoms with Crippen LogP contribution in [0.25, 0.3) is 10.9 Å². The molecule has 0 saturated carbocycles. The number of allylic oxidation sites excluding steroid dienone is 9. The average Bonchev–Trinajstić information content (AvgIpc) is 3.37.